The maximum absolute atomic E-state index is 12.7. The fourth-order valence-corrected chi connectivity index (χ4v) is 2.59. The van der Waals surface area contributed by atoms with Crippen molar-refractivity contribution in [3.8, 4) is 5.75 Å². The summed E-state index contributed by atoms with van der Waals surface area (Å²) in [6, 6.07) is 2.90. The van der Waals surface area contributed by atoms with Gasteiger partial charge in [-0.05, 0) is 17.7 Å². The number of hydrogen-bond donors (Lipinski definition) is 1. The van der Waals surface area contributed by atoms with E-state index in [1.807, 2.05) is 0 Å². The molecule has 0 aliphatic rings. The van der Waals surface area contributed by atoms with Crippen molar-refractivity contribution in [3.05, 3.63) is 28.2 Å². The minimum Gasteiger partial charge on any atom is -0.497 e. The molecular formula is C12H15BrF3NO. The largest absolute Gasteiger partial charge is 0.497 e. The van der Waals surface area contributed by atoms with E-state index in [9.17, 15) is 13.2 Å². The molecule has 0 aliphatic carbocycles. The van der Waals surface area contributed by atoms with Gasteiger partial charge in [0.15, 0.2) is 0 Å². The van der Waals surface area contributed by atoms with Gasteiger partial charge in [-0.1, -0.05) is 35.8 Å². The maximum atomic E-state index is 12.7. The lowest BCUT2D eigenvalue weighted by atomic mass is 9.78. The fraction of sp³-hybridized carbons (Fsp3) is 0.500. The van der Waals surface area contributed by atoms with Crippen molar-refractivity contribution in [3.63, 3.8) is 0 Å². The summed E-state index contributed by atoms with van der Waals surface area (Å²) in [6.45, 7) is 2.94. The summed E-state index contributed by atoms with van der Waals surface area (Å²) in [6.07, 6.45) is -4.44. The lowest BCUT2D eigenvalue weighted by Gasteiger charge is -2.34. The zero-order valence-corrected chi connectivity index (χ0v) is 11.9. The Morgan fingerprint density at radius 2 is 1.83 bits per heavy atom. The molecule has 0 bridgehead atoms. The Labute approximate surface area is 112 Å². The molecule has 0 aliphatic heterocycles. The van der Waals surface area contributed by atoms with E-state index in [0.717, 1.165) is 0 Å². The molecule has 0 radical (unpaired) electrons. The van der Waals surface area contributed by atoms with E-state index in [1.165, 1.54) is 21.0 Å². The first kappa shape index (κ1) is 15.3. The summed E-state index contributed by atoms with van der Waals surface area (Å²) in [5.74, 6) is 0.571. The quantitative estimate of drug-likeness (QED) is 0.921. The lowest BCUT2D eigenvalue weighted by Crippen LogP contribution is -2.51. The minimum atomic E-state index is -4.44. The Hall–Kier alpha value is -0.750. The predicted molar refractivity (Wildman–Crippen MR) is 67.8 cm³/mol. The molecule has 1 rings (SSSR count). The Morgan fingerprint density at radius 1 is 1.28 bits per heavy atom. The lowest BCUT2D eigenvalue weighted by molar-refractivity contribution is -0.160. The summed E-state index contributed by atoms with van der Waals surface area (Å²) < 4.78 is 43.8. The van der Waals surface area contributed by atoms with E-state index in [1.54, 1.807) is 18.2 Å². The molecule has 1 aromatic rings. The number of methoxy groups -OCH3 is 1. The van der Waals surface area contributed by atoms with Gasteiger partial charge < -0.3 is 10.5 Å². The first-order valence-corrected chi connectivity index (χ1v) is 6.06. The van der Waals surface area contributed by atoms with Gasteiger partial charge in [0, 0.05) is 9.89 Å². The van der Waals surface area contributed by atoms with Crippen molar-refractivity contribution < 1.29 is 17.9 Å². The van der Waals surface area contributed by atoms with E-state index < -0.39 is 17.6 Å². The van der Waals surface area contributed by atoms with Crippen LogP contribution in [-0.4, -0.2) is 19.3 Å². The highest BCUT2D eigenvalue weighted by Gasteiger charge is 2.47. The molecule has 0 aromatic heterocycles. The Kier molecular flexibility index (Phi) is 4.33. The molecule has 2 N–H and O–H groups in total. The zero-order chi connectivity index (χ0) is 14.1. The second kappa shape index (κ2) is 5.09. The molecule has 1 aromatic carbocycles. The van der Waals surface area contributed by atoms with Crippen molar-refractivity contribution in [1.29, 1.82) is 0 Å². The standard InChI is InChI=1S/C12H15BrF3NO/c1-11(2,10(17)12(14,15)16)8-5-4-7(18-3)6-9(8)13/h4-6,10H,17H2,1-3H3. The van der Waals surface area contributed by atoms with Gasteiger partial charge in [0.1, 0.15) is 11.8 Å². The van der Waals surface area contributed by atoms with Crippen molar-refractivity contribution in [2.24, 2.45) is 5.73 Å². The van der Waals surface area contributed by atoms with Crippen LogP contribution in [0.15, 0.2) is 22.7 Å². The van der Waals surface area contributed by atoms with Crippen molar-refractivity contribution in [1.82, 2.24) is 0 Å². The third-order valence-corrected chi connectivity index (χ3v) is 3.66. The third kappa shape index (κ3) is 2.98. The van der Waals surface area contributed by atoms with Crippen LogP contribution in [0.5, 0.6) is 5.75 Å². The summed E-state index contributed by atoms with van der Waals surface area (Å²) in [5, 5.41) is 0. The van der Waals surface area contributed by atoms with E-state index in [4.69, 9.17) is 10.5 Å². The Balaban J connectivity index is 3.20. The van der Waals surface area contributed by atoms with Gasteiger partial charge in [-0.15, -0.1) is 0 Å². The number of benzene rings is 1. The topological polar surface area (TPSA) is 35.2 Å². The van der Waals surface area contributed by atoms with Gasteiger partial charge in [-0.2, -0.15) is 13.2 Å². The number of hydrogen-bond acceptors (Lipinski definition) is 2. The van der Waals surface area contributed by atoms with Crippen molar-refractivity contribution in [2.45, 2.75) is 31.5 Å². The highest BCUT2D eigenvalue weighted by atomic mass is 79.9. The fourth-order valence-electron chi connectivity index (χ4n) is 1.72. The van der Waals surface area contributed by atoms with Crippen LogP contribution in [-0.2, 0) is 5.41 Å². The van der Waals surface area contributed by atoms with Crippen molar-refractivity contribution in [2.75, 3.05) is 7.11 Å². The van der Waals surface area contributed by atoms with Crippen LogP contribution in [0.4, 0.5) is 13.2 Å². The number of alkyl halides is 3. The van der Waals surface area contributed by atoms with Crippen LogP contribution in [0.1, 0.15) is 19.4 Å². The zero-order valence-electron chi connectivity index (χ0n) is 10.3. The van der Waals surface area contributed by atoms with Gasteiger partial charge in [0.25, 0.3) is 0 Å². The summed E-state index contributed by atoms with van der Waals surface area (Å²) >= 11 is 3.26. The highest BCUT2D eigenvalue weighted by molar-refractivity contribution is 9.10. The summed E-state index contributed by atoms with van der Waals surface area (Å²) in [7, 11) is 1.49. The molecule has 1 unspecified atom stereocenters. The number of ether oxygens (including phenoxy) is 1. The van der Waals surface area contributed by atoms with Crippen LogP contribution < -0.4 is 10.5 Å². The predicted octanol–water partition coefficient (Wildman–Crippen LogP) is 3.62. The third-order valence-electron chi connectivity index (χ3n) is 3.00. The van der Waals surface area contributed by atoms with Crippen molar-refractivity contribution >= 4 is 15.9 Å². The summed E-state index contributed by atoms with van der Waals surface area (Å²) in [4.78, 5) is 0. The first-order chi connectivity index (χ1) is 8.10. The van der Waals surface area contributed by atoms with Gasteiger partial charge in [0.05, 0.1) is 7.11 Å². The molecule has 0 spiro atoms. The smallest absolute Gasteiger partial charge is 0.404 e. The molecule has 0 saturated carbocycles. The molecular weight excluding hydrogens is 311 g/mol. The normalized spacial score (nSPS) is 14.4. The monoisotopic (exact) mass is 325 g/mol. The van der Waals surface area contributed by atoms with Gasteiger partial charge >= 0.3 is 6.18 Å². The van der Waals surface area contributed by atoms with Crippen LogP contribution in [0, 0.1) is 0 Å². The van der Waals surface area contributed by atoms with E-state index in [2.05, 4.69) is 15.9 Å². The molecule has 0 heterocycles. The molecule has 18 heavy (non-hydrogen) atoms. The molecule has 0 amide bonds. The second-order valence-corrected chi connectivity index (χ2v) is 5.44. The van der Waals surface area contributed by atoms with Crippen LogP contribution in [0.2, 0.25) is 0 Å². The number of rotatable bonds is 3. The molecule has 102 valence electrons. The molecule has 6 heteroatoms. The van der Waals surface area contributed by atoms with Gasteiger partial charge in [-0.25, -0.2) is 0 Å². The SMILES string of the molecule is COc1ccc(C(C)(C)C(N)C(F)(F)F)c(Br)c1. The Bertz CT molecular complexity index is 432. The van der Waals surface area contributed by atoms with Gasteiger partial charge in [0.2, 0.25) is 0 Å². The highest BCUT2D eigenvalue weighted by Crippen LogP contribution is 2.39. The van der Waals surface area contributed by atoms with Gasteiger partial charge in [-0.3, -0.25) is 0 Å². The Morgan fingerprint density at radius 3 is 2.22 bits per heavy atom. The van der Waals surface area contributed by atoms with E-state index in [-0.39, 0.29) is 0 Å². The molecule has 1 atom stereocenters. The minimum absolute atomic E-state index is 0.494. The first-order valence-electron chi connectivity index (χ1n) is 5.27. The van der Waals surface area contributed by atoms with Crippen LogP contribution in [0.3, 0.4) is 0 Å². The average molecular weight is 326 g/mol. The second-order valence-electron chi connectivity index (χ2n) is 4.59. The molecule has 0 saturated heterocycles. The van der Waals surface area contributed by atoms with E-state index >= 15 is 0 Å². The maximum Gasteiger partial charge on any atom is 0.404 e. The van der Waals surface area contributed by atoms with Crippen LogP contribution in [0.25, 0.3) is 0 Å². The molecule has 0 fully saturated rings. The average Bonchev–Trinajstić information content (AvgIpc) is 2.26. The number of halogens is 4. The molecule has 2 nitrogen and oxygen atoms in total. The van der Waals surface area contributed by atoms with E-state index in [0.29, 0.717) is 15.8 Å². The summed E-state index contributed by atoms with van der Waals surface area (Å²) in [5.41, 5.74) is 4.58. The van der Waals surface area contributed by atoms with Crippen LogP contribution >= 0.6 is 15.9 Å². The number of nitrogens with two attached hydrogens (primary N) is 1.